The van der Waals surface area contributed by atoms with Gasteiger partial charge in [0.05, 0.1) is 11.7 Å². The highest BCUT2D eigenvalue weighted by Crippen LogP contribution is 2.36. The van der Waals surface area contributed by atoms with Crippen LogP contribution < -0.4 is 0 Å². The number of carboxylic acids is 1. The Morgan fingerprint density at radius 3 is 3.00 bits per heavy atom. The fourth-order valence-corrected chi connectivity index (χ4v) is 3.45. The summed E-state index contributed by atoms with van der Waals surface area (Å²) in [6.45, 7) is 4.29. The number of carboxylic acid groups (broad SMARTS) is 1. The van der Waals surface area contributed by atoms with Crippen molar-refractivity contribution in [2.45, 2.75) is 32.7 Å². The Hall–Kier alpha value is -1.81. The third-order valence-electron chi connectivity index (χ3n) is 4.57. The molecule has 2 heterocycles. The second kappa shape index (κ2) is 5.53. The highest BCUT2D eigenvalue weighted by Gasteiger charge is 2.43. The van der Waals surface area contributed by atoms with Crippen LogP contribution in [0.15, 0.2) is 34.9 Å². The van der Waals surface area contributed by atoms with Crippen LogP contribution in [-0.2, 0) is 11.3 Å². The minimum Gasteiger partial charge on any atom is -0.481 e. The van der Waals surface area contributed by atoms with Crippen molar-refractivity contribution in [1.29, 1.82) is 0 Å². The van der Waals surface area contributed by atoms with Gasteiger partial charge in [-0.3, -0.25) is 9.69 Å². The van der Waals surface area contributed by atoms with E-state index < -0.39 is 11.4 Å². The number of para-hydroxylation sites is 1. The van der Waals surface area contributed by atoms with Crippen molar-refractivity contribution >= 4 is 16.9 Å². The Morgan fingerprint density at radius 2 is 2.24 bits per heavy atom. The van der Waals surface area contributed by atoms with Crippen molar-refractivity contribution in [3.8, 4) is 0 Å². The van der Waals surface area contributed by atoms with Crippen LogP contribution in [0.3, 0.4) is 0 Å². The van der Waals surface area contributed by atoms with E-state index in [2.05, 4.69) is 17.9 Å². The highest BCUT2D eigenvalue weighted by molar-refractivity contribution is 5.80. The number of rotatable bonds is 5. The van der Waals surface area contributed by atoms with E-state index >= 15 is 0 Å². The van der Waals surface area contributed by atoms with Crippen molar-refractivity contribution in [3.05, 3.63) is 36.1 Å². The van der Waals surface area contributed by atoms with E-state index in [-0.39, 0.29) is 0 Å². The van der Waals surface area contributed by atoms with Gasteiger partial charge in [-0.15, -0.1) is 0 Å². The normalized spacial score (nSPS) is 22.9. The van der Waals surface area contributed by atoms with Gasteiger partial charge in [0, 0.05) is 24.0 Å². The molecule has 1 aromatic carbocycles. The predicted molar refractivity (Wildman–Crippen MR) is 81.1 cm³/mol. The minimum atomic E-state index is -0.649. The van der Waals surface area contributed by atoms with Gasteiger partial charge in [0.15, 0.2) is 0 Å². The SMILES string of the molecule is CCCC1(C(=O)O)CCN(Cc2coc3ccccc23)C1. The number of carbonyl (C=O) groups is 1. The maximum atomic E-state index is 11.6. The van der Waals surface area contributed by atoms with Crippen molar-refractivity contribution in [3.63, 3.8) is 0 Å². The van der Waals surface area contributed by atoms with Crippen LogP contribution in [-0.4, -0.2) is 29.1 Å². The van der Waals surface area contributed by atoms with E-state index in [9.17, 15) is 9.90 Å². The molecule has 4 nitrogen and oxygen atoms in total. The number of likely N-dealkylation sites (tertiary alicyclic amines) is 1. The smallest absolute Gasteiger partial charge is 0.310 e. The second-order valence-corrected chi connectivity index (χ2v) is 6.05. The number of nitrogens with zero attached hydrogens (tertiary/aromatic N) is 1. The molecule has 21 heavy (non-hydrogen) atoms. The number of furan rings is 1. The zero-order valence-electron chi connectivity index (χ0n) is 12.3. The van der Waals surface area contributed by atoms with E-state index in [0.29, 0.717) is 6.54 Å². The molecule has 0 amide bonds. The van der Waals surface area contributed by atoms with Gasteiger partial charge in [-0.1, -0.05) is 31.5 Å². The van der Waals surface area contributed by atoms with Crippen LogP contribution in [0.4, 0.5) is 0 Å². The Morgan fingerprint density at radius 1 is 1.43 bits per heavy atom. The van der Waals surface area contributed by atoms with Gasteiger partial charge in [0.25, 0.3) is 0 Å². The van der Waals surface area contributed by atoms with Crippen molar-refractivity contribution < 1.29 is 14.3 Å². The largest absolute Gasteiger partial charge is 0.481 e. The Labute approximate surface area is 124 Å². The molecule has 1 saturated heterocycles. The van der Waals surface area contributed by atoms with Crippen LogP contribution in [0.5, 0.6) is 0 Å². The fourth-order valence-electron chi connectivity index (χ4n) is 3.45. The first-order chi connectivity index (χ1) is 10.1. The molecule has 1 aliphatic heterocycles. The van der Waals surface area contributed by atoms with Gasteiger partial charge >= 0.3 is 5.97 Å². The van der Waals surface area contributed by atoms with Crippen molar-refractivity contribution in [1.82, 2.24) is 4.90 Å². The first kappa shape index (κ1) is 14.1. The summed E-state index contributed by atoms with van der Waals surface area (Å²) in [5.41, 5.74) is 1.47. The van der Waals surface area contributed by atoms with E-state index in [1.165, 1.54) is 0 Å². The minimum absolute atomic E-state index is 0.561. The van der Waals surface area contributed by atoms with E-state index in [0.717, 1.165) is 48.9 Å². The monoisotopic (exact) mass is 287 g/mol. The molecule has 1 aliphatic rings. The lowest BCUT2D eigenvalue weighted by Gasteiger charge is -2.24. The van der Waals surface area contributed by atoms with Crippen LogP contribution in [0.1, 0.15) is 31.7 Å². The summed E-state index contributed by atoms with van der Waals surface area (Å²) in [5.74, 6) is -0.649. The molecule has 1 unspecified atom stereocenters. The topological polar surface area (TPSA) is 53.7 Å². The predicted octanol–water partition coefficient (Wildman–Crippen LogP) is 3.51. The summed E-state index contributed by atoms with van der Waals surface area (Å²) < 4.78 is 5.56. The van der Waals surface area contributed by atoms with Gasteiger partial charge in [-0.05, 0) is 25.5 Å². The van der Waals surface area contributed by atoms with Gasteiger partial charge in [-0.25, -0.2) is 0 Å². The molecule has 1 N–H and O–H groups in total. The third-order valence-corrected chi connectivity index (χ3v) is 4.57. The Kier molecular flexibility index (Phi) is 3.72. The first-order valence-electron chi connectivity index (χ1n) is 7.55. The molecular weight excluding hydrogens is 266 g/mol. The molecule has 4 heteroatoms. The van der Waals surface area contributed by atoms with E-state index in [4.69, 9.17) is 4.42 Å². The average molecular weight is 287 g/mol. The number of hydrogen-bond acceptors (Lipinski definition) is 3. The van der Waals surface area contributed by atoms with E-state index in [1.807, 2.05) is 18.2 Å². The zero-order valence-corrected chi connectivity index (χ0v) is 12.3. The van der Waals surface area contributed by atoms with E-state index in [1.54, 1.807) is 6.26 Å². The number of aliphatic carboxylic acids is 1. The molecule has 0 bridgehead atoms. The molecule has 1 aromatic heterocycles. The Balaban J connectivity index is 1.76. The molecular formula is C17H21NO3. The standard InChI is InChI=1S/C17H21NO3/c1-2-7-17(16(19)20)8-9-18(12-17)10-13-11-21-15-6-4-3-5-14(13)15/h3-6,11H,2,7-10,12H2,1H3,(H,19,20). The highest BCUT2D eigenvalue weighted by atomic mass is 16.4. The zero-order chi connectivity index (χ0) is 14.9. The van der Waals surface area contributed by atoms with Gasteiger partial charge in [0.1, 0.15) is 5.58 Å². The second-order valence-electron chi connectivity index (χ2n) is 6.05. The maximum absolute atomic E-state index is 11.6. The first-order valence-corrected chi connectivity index (χ1v) is 7.55. The van der Waals surface area contributed by atoms with Crippen molar-refractivity contribution in [2.75, 3.05) is 13.1 Å². The summed E-state index contributed by atoms with van der Waals surface area (Å²) >= 11 is 0. The molecule has 0 radical (unpaired) electrons. The van der Waals surface area contributed by atoms with Gasteiger partial charge in [-0.2, -0.15) is 0 Å². The van der Waals surface area contributed by atoms with Crippen molar-refractivity contribution in [2.24, 2.45) is 5.41 Å². The summed E-state index contributed by atoms with van der Waals surface area (Å²) in [7, 11) is 0. The van der Waals surface area contributed by atoms with Crippen LogP contribution >= 0.6 is 0 Å². The summed E-state index contributed by atoms with van der Waals surface area (Å²) in [4.78, 5) is 13.9. The summed E-state index contributed by atoms with van der Waals surface area (Å²) in [5, 5.41) is 10.7. The number of benzene rings is 1. The van der Waals surface area contributed by atoms with Crippen LogP contribution in [0.2, 0.25) is 0 Å². The Bertz CT molecular complexity index is 648. The lowest BCUT2D eigenvalue weighted by molar-refractivity contribution is -0.148. The fraction of sp³-hybridized carbons (Fsp3) is 0.471. The quantitative estimate of drug-likeness (QED) is 0.914. The lowest BCUT2D eigenvalue weighted by Crippen LogP contribution is -2.34. The molecule has 3 rings (SSSR count). The molecule has 1 atom stereocenters. The van der Waals surface area contributed by atoms with Gasteiger partial charge in [0.2, 0.25) is 0 Å². The lowest BCUT2D eigenvalue weighted by atomic mass is 9.83. The number of hydrogen-bond donors (Lipinski definition) is 1. The average Bonchev–Trinajstić information content (AvgIpc) is 3.06. The molecule has 1 fully saturated rings. The third kappa shape index (κ3) is 2.56. The summed E-state index contributed by atoms with van der Waals surface area (Å²) in [6, 6.07) is 7.98. The summed E-state index contributed by atoms with van der Waals surface area (Å²) in [6.07, 6.45) is 4.21. The molecule has 2 aromatic rings. The molecule has 0 aliphatic carbocycles. The van der Waals surface area contributed by atoms with Crippen LogP contribution in [0.25, 0.3) is 11.0 Å². The molecule has 112 valence electrons. The number of fused-ring (bicyclic) bond motifs is 1. The molecule has 0 saturated carbocycles. The maximum Gasteiger partial charge on any atom is 0.310 e. The van der Waals surface area contributed by atoms with Gasteiger partial charge < -0.3 is 9.52 Å². The molecule has 0 spiro atoms. The van der Waals surface area contributed by atoms with Crippen LogP contribution in [0, 0.1) is 5.41 Å².